The summed E-state index contributed by atoms with van der Waals surface area (Å²) >= 11 is 5.74. The fourth-order valence-corrected chi connectivity index (χ4v) is 2.53. The summed E-state index contributed by atoms with van der Waals surface area (Å²) in [5.41, 5.74) is 1.99. The normalized spacial score (nSPS) is 11.0. The highest BCUT2D eigenvalue weighted by Crippen LogP contribution is 2.22. The standard InChI is InChI=1S/C16H12ClFN2O2/c1-9-2-5-12-14(6-9)20(19-15(12)16(21)22)8-10-3-4-11(17)7-13(10)18/h2-7H,8H2,1H3,(H,21,22). The number of aryl methyl sites for hydroxylation is 1. The molecule has 0 radical (unpaired) electrons. The summed E-state index contributed by atoms with van der Waals surface area (Å²) in [4.78, 5) is 11.3. The first-order valence-corrected chi connectivity index (χ1v) is 6.98. The molecule has 0 bridgehead atoms. The van der Waals surface area contributed by atoms with Crippen LogP contribution in [0.15, 0.2) is 36.4 Å². The van der Waals surface area contributed by atoms with Crippen molar-refractivity contribution in [2.75, 3.05) is 0 Å². The quantitative estimate of drug-likeness (QED) is 0.797. The first-order chi connectivity index (χ1) is 10.5. The Balaban J connectivity index is 2.14. The molecule has 0 aliphatic rings. The van der Waals surface area contributed by atoms with E-state index in [2.05, 4.69) is 5.10 Å². The van der Waals surface area contributed by atoms with E-state index in [0.29, 0.717) is 21.5 Å². The monoisotopic (exact) mass is 318 g/mol. The van der Waals surface area contributed by atoms with Gasteiger partial charge in [0.15, 0.2) is 5.69 Å². The maximum atomic E-state index is 13.9. The van der Waals surface area contributed by atoms with E-state index in [1.54, 1.807) is 18.2 Å². The van der Waals surface area contributed by atoms with Gasteiger partial charge in [-0.05, 0) is 30.7 Å². The summed E-state index contributed by atoms with van der Waals surface area (Å²) in [6, 6.07) is 9.77. The van der Waals surface area contributed by atoms with Crippen LogP contribution in [0.5, 0.6) is 0 Å². The number of fused-ring (bicyclic) bond motifs is 1. The van der Waals surface area contributed by atoms with Crippen LogP contribution >= 0.6 is 11.6 Å². The summed E-state index contributed by atoms with van der Waals surface area (Å²) in [6.45, 7) is 2.04. The summed E-state index contributed by atoms with van der Waals surface area (Å²) in [5.74, 6) is -1.55. The molecule has 3 aromatic rings. The van der Waals surface area contributed by atoms with Gasteiger partial charge in [0.2, 0.25) is 0 Å². The lowest BCUT2D eigenvalue weighted by Gasteiger charge is -2.06. The summed E-state index contributed by atoms with van der Waals surface area (Å²) < 4.78 is 15.4. The maximum Gasteiger partial charge on any atom is 0.357 e. The Hall–Kier alpha value is -2.40. The van der Waals surface area contributed by atoms with Crippen molar-refractivity contribution >= 4 is 28.5 Å². The minimum Gasteiger partial charge on any atom is -0.476 e. The molecule has 3 rings (SSSR count). The summed E-state index contributed by atoms with van der Waals surface area (Å²) in [6.07, 6.45) is 0. The highest BCUT2D eigenvalue weighted by atomic mass is 35.5. The molecule has 2 aromatic carbocycles. The average Bonchev–Trinajstić information content (AvgIpc) is 2.80. The molecule has 0 saturated carbocycles. The van der Waals surface area contributed by atoms with Crippen molar-refractivity contribution in [3.8, 4) is 0 Å². The lowest BCUT2D eigenvalue weighted by atomic mass is 10.1. The van der Waals surface area contributed by atoms with Crippen LogP contribution in [-0.2, 0) is 6.54 Å². The molecule has 0 fully saturated rings. The fraction of sp³-hybridized carbons (Fsp3) is 0.125. The molecule has 0 amide bonds. The lowest BCUT2D eigenvalue weighted by molar-refractivity contribution is 0.0691. The highest BCUT2D eigenvalue weighted by molar-refractivity contribution is 6.30. The SMILES string of the molecule is Cc1ccc2c(C(=O)O)nn(Cc3ccc(Cl)cc3F)c2c1. The number of aromatic nitrogens is 2. The molecule has 0 saturated heterocycles. The molecule has 1 heterocycles. The van der Waals surface area contributed by atoms with Gasteiger partial charge in [-0.25, -0.2) is 9.18 Å². The van der Waals surface area contributed by atoms with Gasteiger partial charge in [-0.1, -0.05) is 29.8 Å². The van der Waals surface area contributed by atoms with E-state index in [-0.39, 0.29) is 12.2 Å². The third-order valence-electron chi connectivity index (χ3n) is 3.44. The fourth-order valence-electron chi connectivity index (χ4n) is 2.37. The number of nitrogens with zero attached hydrogens (tertiary/aromatic N) is 2. The van der Waals surface area contributed by atoms with Gasteiger partial charge in [-0.3, -0.25) is 4.68 Å². The third kappa shape index (κ3) is 2.55. The Morgan fingerprint density at radius 3 is 2.77 bits per heavy atom. The van der Waals surface area contributed by atoms with Gasteiger partial charge in [0.1, 0.15) is 5.82 Å². The molecule has 0 aliphatic heterocycles. The number of halogens is 2. The minimum absolute atomic E-state index is 0.0376. The van der Waals surface area contributed by atoms with E-state index >= 15 is 0 Å². The van der Waals surface area contributed by atoms with Gasteiger partial charge in [0, 0.05) is 16.0 Å². The van der Waals surface area contributed by atoms with E-state index < -0.39 is 11.8 Å². The number of hydrogen-bond donors (Lipinski definition) is 1. The van der Waals surface area contributed by atoms with Crippen molar-refractivity contribution in [1.29, 1.82) is 0 Å². The topological polar surface area (TPSA) is 55.1 Å². The van der Waals surface area contributed by atoms with E-state index in [1.807, 2.05) is 19.1 Å². The van der Waals surface area contributed by atoms with Gasteiger partial charge in [0.25, 0.3) is 0 Å². The van der Waals surface area contributed by atoms with Gasteiger partial charge in [-0.15, -0.1) is 0 Å². The van der Waals surface area contributed by atoms with Crippen molar-refractivity contribution in [3.05, 3.63) is 64.1 Å². The predicted molar refractivity (Wildman–Crippen MR) is 81.9 cm³/mol. The molecular formula is C16H12ClFN2O2. The number of carbonyl (C=O) groups is 1. The van der Waals surface area contributed by atoms with Crippen LogP contribution in [0.4, 0.5) is 4.39 Å². The molecule has 22 heavy (non-hydrogen) atoms. The van der Waals surface area contributed by atoms with Crippen molar-refractivity contribution in [1.82, 2.24) is 9.78 Å². The Morgan fingerprint density at radius 2 is 2.09 bits per heavy atom. The molecule has 1 N–H and O–H groups in total. The van der Waals surface area contributed by atoms with E-state index in [1.165, 1.54) is 10.7 Å². The summed E-state index contributed by atoms with van der Waals surface area (Å²) in [5, 5.41) is 14.2. The molecule has 0 atom stereocenters. The third-order valence-corrected chi connectivity index (χ3v) is 3.68. The predicted octanol–water partition coefficient (Wildman–Crippen LogP) is 3.88. The van der Waals surface area contributed by atoms with Crippen LogP contribution < -0.4 is 0 Å². The molecule has 6 heteroatoms. The number of carboxylic acids is 1. The zero-order valence-electron chi connectivity index (χ0n) is 11.7. The van der Waals surface area contributed by atoms with E-state index in [4.69, 9.17) is 11.6 Å². The average molecular weight is 319 g/mol. The molecule has 0 spiro atoms. The molecule has 4 nitrogen and oxygen atoms in total. The molecule has 0 aliphatic carbocycles. The lowest BCUT2D eigenvalue weighted by Crippen LogP contribution is -2.06. The molecule has 112 valence electrons. The van der Waals surface area contributed by atoms with Crippen LogP contribution in [-0.4, -0.2) is 20.9 Å². The summed E-state index contributed by atoms with van der Waals surface area (Å²) in [7, 11) is 0. The first-order valence-electron chi connectivity index (χ1n) is 6.60. The molecule has 0 unspecified atom stereocenters. The second-order valence-electron chi connectivity index (χ2n) is 5.07. The molecular weight excluding hydrogens is 307 g/mol. The van der Waals surface area contributed by atoms with E-state index in [9.17, 15) is 14.3 Å². The zero-order valence-corrected chi connectivity index (χ0v) is 12.4. The zero-order chi connectivity index (χ0) is 15.9. The van der Waals surface area contributed by atoms with Crippen molar-refractivity contribution in [3.63, 3.8) is 0 Å². The smallest absolute Gasteiger partial charge is 0.357 e. The van der Waals surface area contributed by atoms with Crippen LogP contribution in [0.3, 0.4) is 0 Å². The Kier molecular flexibility index (Phi) is 3.58. The number of aromatic carboxylic acids is 1. The minimum atomic E-state index is -1.11. The van der Waals surface area contributed by atoms with Crippen molar-refractivity contribution in [2.24, 2.45) is 0 Å². The second kappa shape index (κ2) is 5.42. The second-order valence-corrected chi connectivity index (χ2v) is 5.50. The maximum absolute atomic E-state index is 13.9. The van der Waals surface area contributed by atoms with Crippen molar-refractivity contribution < 1.29 is 14.3 Å². The number of hydrogen-bond acceptors (Lipinski definition) is 2. The van der Waals surface area contributed by atoms with Crippen LogP contribution in [0.2, 0.25) is 5.02 Å². The highest BCUT2D eigenvalue weighted by Gasteiger charge is 2.17. The Bertz CT molecular complexity index is 889. The van der Waals surface area contributed by atoms with Gasteiger partial charge in [0.05, 0.1) is 12.1 Å². The van der Waals surface area contributed by atoms with Gasteiger partial charge < -0.3 is 5.11 Å². The number of benzene rings is 2. The molecule has 1 aromatic heterocycles. The van der Waals surface area contributed by atoms with Gasteiger partial charge in [-0.2, -0.15) is 5.10 Å². The van der Waals surface area contributed by atoms with Crippen LogP contribution in [0, 0.1) is 12.7 Å². The van der Waals surface area contributed by atoms with E-state index in [0.717, 1.165) is 5.56 Å². The van der Waals surface area contributed by atoms with Crippen molar-refractivity contribution in [2.45, 2.75) is 13.5 Å². The van der Waals surface area contributed by atoms with Crippen LogP contribution in [0.1, 0.15) is 21.6 Å². The van der Waals surface area contributed by atoms with Gasteiger partial charge >= 0.3 is 5.97 Å². The first kappa shape index (κ1) is 14.5. The number of rotatable bonds is 3. The number of carboxylic acid groups (broad SMARTS) is 1. The Labute approximate surface area is 130 Å². The largest absolute Gasteiger partial charge is 0.476 e. The van der Waals surface area contributed by atoms with Crippen LogP contribution in [0.25, 0.3) is 10.9 Å². The Morgan fingerprint density at radius 1 is 1.32 bits per heavy atom.